The van der Waals surface area contributed by atoms with E-state index in [9.17, 15) is 5.11 Å². The molecule has 19 heavy (non-hydrogen) atoms. The lowest BCUT2D eigenvalue weighted by atomic mass is 10.2. The molecule has 0 atom stereocenters. The third kappa shape index (κ3) is 4.21. The molecule has 0 amide bonds. The molecular weight excluding hydrogens is 238 g/mol. The van der Waals surface area contributed by atoms with Gasteiger partial charge in [-0.2, -0.15) is 0 Å². The Morgan fingerprint density at radius 1 is 1.00 bits per heavy atom. The molecule has 0 radical (unpaired) electrons. The van der Waals surface area contributed by atoms with E-state index in [0.717, 1.165) is 31.0 Å². The second-order valence-corrected chi connectivity index (χ2v) is 4.39. The Labute approximate surface area is 113 Å². The summed E-state index contributed by atoms with van der Waals surface area (Å²) >= 11 is 0. The highest BCUT2D eigenvalue weighted by molar-refractivity contribution is 5.46. The first kappa shape index (κ1) is 13.3. The minimum absolute atomic E-state index is 0.281. The third-order valence-electron chi connectivity index (χ3n) is 2.76. The number of ether oxygens (including phenoxy) is 1. The zero-order chi connectivity index (χ0) is 13.5. The van der Waals surface area contributed by atoms with Gasteiger partial charge < -0.3 is 15.2 Å². The summed E-state index contributed by atoms with van der Waals surface area (Å²) in [5.41, 5.74) is 2.18. The lowest BCUT2D eigenvalue weighted by molar-refractivity contribution is 0.317. The van der Waals surface area contributed by atoms with Crippen LogP contribution in [0.2, 0.25) is 0 Å². The second-order valence-electron chi connectivity index (χ2n) is 4.39. The van der Waals surface area contributed by atoms with Gasteiger partial charge in [0.25, 0.3) is 0 Å². The molecule has 2 aromatic rings. The summed E-state index contributed by atoms with van der Waals surface area (Å²) in [5, 5.41) is 12.5. The first-order chi connectivity index (χ1) is 9.28. The molecule has 2 aromatic carbocycles. The Kier molecular flexibility index (Phi) is 4.67. The van der Waals surface area contributed by atoms with Crippen molar-refractivity contribution in [2.45, 2.75) is 19.9 Å². The molecule has 0 bridgehead atoms. The molecule has 0 aromatic heterocycles. The topological polar surface area (TPSA) is 41.5 Å². The van der Waals surface area contributed by atoms with Crippen LogP contribution in [0.1, 0.15) is 18.9 Å². The van der Waals surface area contributed by atoms with Crippen LogP contribution in [-0.2, 0) is 6.54 Å². The second kappa shape index (κ2) is 6.69. The predicted octanol–water partition coefficient (Wildman–Crippen LogP) is 3.79. The van der Waals surface area contributed by atoms with Crippen molar-refractivity contribution >= 4 is 5.69 Å². The van der Waals surface area contributed by atoms with Gasteiger partial charge in [-0.25, -0.2) is 0 Å². The molecule has 2 N–H and O–H groups in total. The molecule has 0 saturated heterocycles. The quantitative estimate of drug-likeness (QED) is 0.773. The fourth-order valence-corrected chi connectivity index (χ4v) is 1.71. The largest absolute Gasteiger partial charge is 0.508 e. The normalized spacial score (nSPS) is 10.2. The Bertz CT molecular complexity index is 491. The van der Waals surface area contributed by atoms with Gasteiger partial charge in [0.2, 0.25) is 0 Å². The first-order valence-electron chi connectivity index (χ1n) is 6.52. The highest BCUT2D eigenvalue weighted by Gasteiger charge is 1.96. The van der Waals surface area contributed by atoms with Crippen molar-refractivity contribution in [2.24, 2.45) is 0 Å². The molecule has 0 aliphatic heterocycles. The van der Waals surface area contributed by atoms with Crippen LogP contribution in [0.5, 0.6) is 11.5 Å². The summed E-state index contributed by atoms with van der Waals surface area (Å²) < 4.78 is 5.54. The number of benzene rings is 2. The Morgan fingerprint density at radius 2 is 1.68 bits per heavy atom. The van der Waals surface area contributed by atoms with Gasteiger partial charge in [0.1, 0.15) is 11.5 Å². The summed E-state index contributed by atoms with van der Waals surface area (Å²) in [6, 6.07) is 15.1. The van der Waals surface area contributed by atoms with Gasteiger partial charge in [-0.3, -0.25) is 0 Å². The van der Waals surface area contributed by atoms with Crippen LogP contribution in [0, 0.1) is 0 Å². The smallest absolute Gasteiger partial charge is 0.119 e. The summed E-state index contributed by atoms with van der Waals surface area (Å²) in [4.78, 5) is 0. The van der Waals surface area contributed by atoms with Crippen molar-refractivity contribution < 1.29 is 9.84 Å². The van der Waals surface area contributed by atoms with E-state index in [1.165, 1.54) is 5.56 Å². The fourth-order valence-electron chi connectivity index (χ4n) is 1.71. The molecule has 0 spiro atoms. The minimum atomic E-state index is 0.281. The van der Waals surface area contributed by atoms with E-state index in [-0.39, 0.29) is 5.75 Å². The van der Waals surface area contributed by atoms with Gasteiger partial charge in [-0.05, 0) is 48.4 Å². The maximum absolute atomic E-state index is 9.20. The average molecular weight is 257 g/mol. The van der Waals surface area contributed by atoms with E-state index in [4.69, 9.17) is 4.74 Å². The molecule has 0 heterocycles. The molecule has 2 rings (SSSR count). The number of nitrogens with one attached hydrogen (secondary N) is 1. The molecule has 3 heteroatoms. The zero-order valence-corrected chi connectivity index (χ0v) is 11.1. The molecule has 0 fully saturated rings. The highest BCUT2D eigenvalue weighted by Crippen LogP contribution is 2.16. The van der Waals surface area contributed by atoms with Crippen LogP contribution in [0.4, 0.5) is 5.69 Å². The van der Waals surface area contributed by atoms with E-state index in [1.54, 1.807) is 12.1 Å². The van der Waals surface area contributed by atoms with E-state index >= 15 is 0 Å². The van der Waals surface area contributed by atoms with Gasteiger partial charge in [-0.15, -0.1) is 0 Å². The Balaban J connectivity index is 1.87. The molecule has 0 saturated carbocycles. The Hall–Kier alpha value is -2.16. The summed E-state index contributed by atoms with van der Waals surface area (Å²) in [6.07, 6.45) is 1.02. The predicted molar refractivity (Wildman–Crippen MR) is 77.7 cm³/mol. The number of aromatic hydroxyl groups is 1. The van der Waals surface area contributed by atoms with Crippen molar-refractivity contribution in [1.29, 1.82) is 0 Å². The molecular formula is C16H19NO2. The molecule has 100 valence electrons. The maximum atomic E-state index is 9.20. The van der Waals surface area contributed by atoms with Crippen molar-refractivity contribution in [2.75, 3.05) is 11.9 Å². The first-order valence-corrected chi connectivity index (χ1v) is 6.52. The van der Waals surface area contributed by atoms with Crippen LogP contribution >= 0.6 is 0 Å². The van der Waals surface area contributed by atoms with Crippen molar-refractivity contribution in [1.82, 2.24) is 0 Å². The number of rotatable bonds is 6. The van der Waals surface area contributed by atoms with Crippen molar-refractivity contribution in [3.05, 3.63) is 54.1 Å². The lowest BCUT2D eigenvalue weighted by Crippen LogP contribution is -1.99. The SMILES string of the molecule is CCCOc1ccc(CNc2ccc(O)cc2)cc1. The molecule has 0 aliphatic rings. The molecule has 0 unspecified atom stereocenters. The van der Waals surface area contributed by atoms with Gasteiger partial charge in [0.15, 0.2) is 0 Å². The monoisotopic (exact) mass is 257 g/mol. The Morgan fingerprint density at radius 3 is 2.32 bits per heavy atom. The van der Waals surface area contributed by atoms with Crippen LogP contribution in [-0.4, -0.2) is 11.7 Å². The highest BCUT2D eigenvalue weighted by atomic mass is 16.5. The van der Waals surface area contributed by atoms with Gasteiger partial charge >= 0.3 is 0 Å². The lowest BCUT2D eigenvalue weighted by Gasteiger charge is -2.08. The van der Waals surface area contributed by atoms with Crippen LogP contribution in [0.25, 0.3) is 0 Å². The van der Waals surface area contributed by atoms with Crippen LogP contribution in [0.15, 0.2) is 48.5 Å². The van der Waals surface area contributed by atoms with E-state index < -0.39 is 0 Å². The summed E-state index contributed by atoms with van der Waals surface area (Å²) in [5.74, 6) is 1.19. The zero-order valence-electron chi connectivity index (χ0n) is 11.1. The average Bonchev–Trinajstić information content (AvgIpc) is 2.46. The van der Waals surface area contributed by atoms with Crippen LogP contribution < -0.4 is 10.1 Å². The van der Waals surface area contributed by atoms with E-state index in [2.05, 4.69) is 24.4 Å². The number of hydrogen-bond acceptors (Lipinski definition) is 3. The number of phenols is 1. The third-order valence-corrected chi connectivity index (χ3v) is 2.76. The standard InChI is InChI=1S/C16H19NO2/c1-2-11-19-16-9-3-13(4-10-16)12-17-14-5-7-15(18)8-6-14/h3-10,17-18H,2,11-12H2,1H3. The summed E-state index contributed by atoms with van der Waals surface area (Å²) in [6.45, 7) is 3.60. The van der Waals surface area contributed by atoms with Crippen molar-refractivity contribution in [3.63, 3.8) is 0 Å². The van der Waals surface area contributed by atoms with Gasteiger partial charge in [0.05, 0.1) is 6.61 Å². The van der Waals surface area contributed by atoms with Gasteiger partial charge in [-0.1, -0.05) is 19.1 Å². The number of hydrogen-bond donors (Lipinski definition) is 2. The van der Waals surface area contributed by atoms with E-state index in [1.807, 2.05) is 24.3 Å². The fraction of sp³-hybridized carbons (Fsp3) is 0.250. The molecule has 0 aliphatic carbocycles. The maximum Gasteiger partial charge on any atom is 0.119 e. The van der Waals surface area contributed by atoms with Crippen LogP contribution in [0.3, 0.4) is 0 Å². The van der Waals surface area contributed by atoms with Gasteiger partial charge in [0, 0.05) is 12.2 Å². The summed E-state index contributed by atoms with van der Waals surface area (Å²) in [7, 11) is 0. The number of anilines is 1. The minimum Gasteiger partial charge on any atom is -0.508 e. The number of phenolic OH excluding ortho intramolecular Hbond substituents is 1. The van der Waals surface area contributed by atoms with E-state index in [0.29, 0.717) is 0 Å². The molecule has 3 nitrogen and oxygen atoms in total. The van der Waals surface area contributed by atoms with Crippen molar-refractivity contribution in [3.8, 4) is 11.5 Å².